The van der Waals surface area contributed by atoms with Gasteiger partial charge in [-0.3, -0.25) is 4.79 Å². The molecule has 1 saturated heterocycles. The van der Waals surface area contributed by atoms with Gasteiger partial charge in [0, 0.05) is 12.7 Å². The Balaban J connectivity index is 0.00000361. The van der Waals surface area contributed by atoms with Crippen LogP contribution in [-0.4, -0.2) is 48.2 Å². The van der Waals surface area contributed by atoms with Crippen LogP contribution in [0.2, 0.25) is 0 Å². The van der Waals surface area contributed by atoms with Crippen LogP contribution in [0.1, 0.15) is 76.2 Å². The Labute approximate surface area is 251 Å². The predicted octanol–water partition coefficient (Wildman–Crippen LogP) is -3.37. The molecule has 1 aromatic rings. The molecular weight excluding hydrogens is 493 g/mol. The van der Waals surface area contributed by atoms with E-state index in [4.69, 9.17) is 10.3 Å². The summed E-state index contributed by atoms with van der Waals surface area (Å²) in [5.41, 5.74) is 6.74. The van der Waals surface area contributed by atoms with Crippen molar-refractivity contribution in [3.05, 3.63) is 35.9 Å². The number of aryl methyl sites for hydroxylation is 1. The molecule has 11 heteroatoms. The summed E-state index contributed by atoms with van der Waals surface area (Å²) in [7, 11) is -4.29. The Kier molecular flexibility index (Phi) is 16.8. The van der Waals surface area contributed by atoms with Gasteiger partial charge in [0.15, 0.2) is 0 Å². The number of carbonyl (C=O) groups excluding carboxylic acids is 2. The van der Waals surface area contributed by atoms with Gasteiger partial charge < -0.3 is 34.5 Å². The molecule has 0 radical (unpaired) electrons. The third-order valence-corrected chi connectivity index (χ3v) is 9.12. The van der Waals surface area contributed by atoms with Crippen LogP contribution in [0.25, 0.3) is 0 Å². The summed E-state index contributed by atoms with van der Waals surface area (Å²) in [5.74, 6) is -1.35. The minimum absolute atomic E-state index is 0. The number of hydrogen-bond acceptors (Lipinski definition) is 7. The van der Waals surface area contributed by atoms with Gasteiger partial charge in [0.25, 0.3) is 5.91 Å². The molecule has 0 spiro atoms. The monoisotopic (exact) mass is 534 g/mol. The van der Waals surface area contributed by atoms with Crippen LogP contribution in [0.4, 0.5) is 0 Å². The number of carboxylic acid groups (broad SMARTS) is 1. The van der Waals surface area contributed by atoms with E-state index in [0.29, 0.717) is 51.1 Å². The SMILES string of the molecule is NCCCC[C@H](OP(=O)([O-])CCCCc1ccccc1)C(=O)N1C[C@H](C2CCCCC2)C[C@H]1C(=O)[O-].[Li+].[Li+]. The zero-order valence-electron chi connectivity index (χ0n) is 23.2. The Morgan fingerprint density at radius 3 is 2.34 bits per heavy atom. The van der Waals surface area contributed by atoms with Crippen molar-refractivity contribution in [3.8, 4) is 0 Å². The Bertz CT molecular complexity index is 888. The summed E-state index contributed by atoms with van der Waals surface area (Å²) >= 11 is 0. The molecule has 1 unspecified atom stereocenters. The standard InChI is InChI=1S/C27H43N2O6P.2Li/c28-17-9-7-16-25(35-36(33,34)18-10-8-13-21-11-3-1-4-12-21)26(30)29-20-23(19-24(29)27(31)32)22-14-5-2-6-15-22;;/h1,3-4,11-12,22-25H,2,5-10,13-20,28H2,(H,31,32)(H,33,34);;/q;2*+1/p-2/t23-,24+,25+;;/m1../s1. The normalized spacial score (nSPS) is 22.1. The summed E-state index contributed by atoms with van der Waals surface area (Å²) in [6.07, 6.45) is 7.73. The topological polar surface area (TPSA) is 136 Å². The van der Waals surface area contributed by atoms with Crippen molar-refractivity contribution >= 4 is 19.5 Å². The van der Waals surface area contributed by atoms with Crippen molar-refractivity contribution < 1.29 is 66.4 Å². The number of aliphatic carboxylic acids is 1. The molecule has 8 nitrogen and oxygen atoms in total. The van der Waals surface area contributed by atoms with E-state index in [1.54, 1.807) is 0 Å². The zero-order chi connectivity index (χ0) is 26.0. The van der Waals surface area contributed by atoms with Crippen LogP contribution < -0.4 is 53.5 Å². The number of nitrogens with two attached hydrogens (primary N) is 1. The van der Waals surface area contributed by atoms with Crippen molar-refractivity contribution in [3.63, 3.8) is 0 Å². The zero-order valence-corrected chi connectivity index (χ0v) is 24.1. The number of rotatable bonds is 14. The van der Waals surface area contributed by atoms with Crippen molar-refractivity contribution in [2.24, 2.45) is 17.6 Å². The first-order valence-corrected chi connectivity index (χ1v) is 15.3. The number of hydrogen-bond donors (Lipinski definition) is 1. The summed E-state index contributed by atoms with van der Waals surface area (Å²) in [4.78, 5) is 39.5. The molecule has 1 aromatic carbocycles. The molecule has 1 amide bonds. The first-order chi connectivity index (χ1) is 17.3. The molecule has 1 aliphatic carbocycles. The number of carbonyl (C=O) groups is 2. The Hall–Kier alpha value is -0.535. The van der Waals surface area contributed by atoms with E-state index in [0.717, 1.165) is 37.7 Å². The fraction of sp³-hybridized carbons (Fsp3) is 0.704. The molecular formula is C27H41Li2N2O6P. The van der Waals surface area contributed by atoms with Gasteiger partial charge in [0.1, 0.15) is 13.7 Å². The van der Waals surface area contributed by atoms with E-state index in [2.05, 4.69) is 0 Å². The molecule has 202 valence electrons. The fourth-order valence-electron chi connectivity index (χ4n) is 5.69. The Morgan fingerprint density at radius 2 is 1.71 bits per heavy atom. The number of unbranched alkanes of at least 4 members (excludes halogenated alkanes) is 2. The first-order valence-electron chi connectivity index (χ1n) is 13.5. The van der Waals surface area contributed by atoms with Gasteiger partial charge in [0.05, 0.1) is 12.0 Å². The van der Waals surface area contributed by atoms with E-state index in [-0.39, 0.29) is 56.2 Å². The van der Waals surface area contributed by atoms with Crippen molar-refractivity contribution in [2.75, 3.05) is 19.3 Å². The number of likely N-dealkylation sites (tertiary alicyclic amines) is 1. The molecule has 1 saturated carbocycles. The van der Waals surface area contributed by atoms with Gasteiger partial charge in [-0.05, 0) is 68.9 Å². The number of benzene rings is 1. The smallest absolute Gasteiger partial charge is 0.778 e. The van der Waals surface area contributed by atoms with E-state index in [1.807, 2.05) is 30.3 Å². The predicted molar refractivity (Wildman–Crippen MR) is 135 cm³/mol. The molecule has 1 heterocycles. The molecule has 2 N–H and O–H groups in total. The molecule has 2 fully saturated rings. The second kappa shape index (κ2) is 18.0. The minimum Gasteiger partial charge on any atom is -0.778 e. The number of carboxylic acids is 1. The third-order valence-electron chi connectivity index (χ3n) is 7.68. The summed E-state index contributed by atoms with van der Waals surface area (Å²) < 4.78 is 18.3. The second-order valence-electron chi connectivity index (χ2n) is 10.4. The maximum atomic E-state index is 13.5. The molecule has 2 aliphatic rings. The van der Waals surface area contributed by atoms with E-state index in [9.17, 15) is 24.2 Å². The first kappa shape index (κ1) is 35.5. The largest absolute Gasteiger partial charge is 1.00 e. The quantitative estimate of drug-likeness (QED) is 0.150. The van der Waals surface area contributed by atoms with Crippen LogP contribution in [0.15, 0.2) is 30.3 Å². The molecule has 0 bridgehead atoms. The van der Waals surface area contributed by atoms with Gasteiger partial charge in [-0.25, -0.2) is 0 Å². The summed E-state index contributed by atoms with van der Waals surface area (Å²) in [5, 5.41) is 11.9. The molecule has 3 rings (SSSR count). The van der Waals surface area contributed by atoms with Gasteiger partial charge in [-0.15, -0.1) is 0 Å². The molecule has 4 atom stereocenters. The molecule has 0 aromatic heterocycles. The fourth-order valence-corrected chi connectivity index (χ4v) is 6.99. The van der Waals surface area contributed by atoms with Crippen LogP contribution in [0, 0.1) is 11.8 Å². The van der Waals surface area contributed by atoms with Crippen LogP contribution in [0.5, 0.6) is 0 Å². The van der Waals surface area contributed by atoms with E-state index >= 15 is 0 Å². The van der Waals surface area contributed by atoms with Crippen LogP contribution in [0.3, 0.4) is 0 Å². The second-order valence-corrected chi connectivity index (χ2v) is 12.3. The van der Waals surface area contributed by atoms with Crippen molar-refractivity contribution in [1.82, 2.24) is 4.90 Å². The van der Waals surface area contributed by atoms with Gasteiger partial charge in [0.2, 0.25) is 0 Å². The molecule has 38 heavy (non-hydrogen) atoms. The van der Waals surface area contributed by atoms with Gasteiger partial charge in [-0.1, -0.05) is 62.4 Å². The van der Waals surface area contributed by atoms with Crippen LogP contribution >= 0.6 is 7.60 Å². The molecule has 1 aliphatic heterocycles. The van der Waals surface area contributed by atoms with Crippen molar-refractivity contribution in [2.45, 2.75) is 89.2 Å². The number of amides is 1. The summed E-state index contributed by atoms with van der Waals surface area (Å²) in [6.45, 7) is 0.740. The number of nitrogens with zero attached hydrogens (tertiary/aromatic N) is 1. The van der Waals surface area contributed by atoms with E-state index in [1.165, 1.54) is 11.3 Å². The average molecular weight is 534 g/mol. The van der Waals surface area contributed by atoms with Gasteiger partial charge >= 0.3 is 37.7 Å². The van der Waals surface area contributed by atoms with Crippen molar-refractivity contribution in [1.29, 1.82) is 0 Å². The van der Waals surface area contributed by atoms with E-state index < -0.39 is 31.6 Å². The van der Waals surface area contributed by atoms with Crippen LogP contribution in [-0.2, 0) is 25.1 Å². The Morgan fingerprint density at radius 1 is 1.03 bits per heavy atom. The maximum absolute atomic E-state index is 13.5. The minimum atomic E-state index is -4.29. The average Bonchev–Trinajstić information content (AvgIpc) is 3.33. The van der Waals surface area contributed by atoms with Gasteiger partial charge in [-0.2, -0.15) is 0 Å². The third kappa shape index (κ3) is 11.2. The summed E-state index contributed by atoms with van der Waals surface area (Å²) in [6, 6.07) is 8.81. The maximum Gasteiger partial charge on any atom is 1.00 e.